The van der Waals surface area contributed by atoms with Gasteiger partial charge in [-0.25, -0.2) is 0 Å². The molecule has 0 heterocycles. The van der Waals surface area contributed by atoms with Crippen molar-refractivity contribution in [2.45, 2.75) is 12.8 Å². The molecular weight excluding hydrogens is 185 g/mol. The minimum atomic E-state index is -1.11. The summed E-state index contributed by atoms with van der Waals surface area (Å²) in [7, 11) is 1.67. The molecule has 0 aromatic heterocycles. The average Bonchev–Trinajstić information content (AvgIpc) is 1.96. The number of aliphatic carboxylic acids is 2. The minimum Gasteiger partial charge on any atom is -0.550 e. The predicted octanol–water partition coefficient (Wildman–Crippen LogP) is -4.46. The van der Waals surface area contributed by atoms with Gasteiger partial charge in [0.2, 0.25) is 0 Å². The Labute approximate surface area is 99.0 Å². The molecule has 0 unspecified atom stereocenters. The molecule has 0 spiro atoms. The fourth-order valence-electron chi connectivity index (χ4n) is 0.680. The van der Waals surface area contributed by atoms with Crippen LogP contribution in [0.4, 0.5) is 0 Å². The average molecular weight is 197 g/mol. The quantitative estimate of drug-likeness (QED) is 0.434. The number of hydrogen-bond acceptors (Lipinski definition) is 4. The van der Waals surface area contributed by atoms with Gasteiger partial charge in [-0.15, -0.1) is 0 Å². The molecule has 0 radical (unpaired) electrons. The van der Waals surface area contributed by atoms with Gasteiger partial charge in [-0.3, -0.25) is 4.79 Å². The van der Waals surface area contributed by atoms with E-state index in [-0.39, 0.29) is 42.4 Å². The summed E-state index contributed by atoms with van der Waals surface area (Å²) in [5, 5.41) is 18.3. The van der Waals surface area contributed by atoms with Crippen LogP contribution in [0.15, 0.2) is 0 Å². The van der Waals surface area contributed by atoms with Crippen molar-refractivity contribution in [3.05, 3.63) is 0 Å². The van der Waals surface area contributed by atoms with E-state index in [9.17, 15) is 14.7 Å². The number of hydrogen-bond donors (Lipinski definition) is 1. The zero-order valence-corrected chi connectivity index (χ0v) is 9.95. The number of carbonyl (C=O) groups is 2. The Morgan fingerprint density at radius 1 is 1.31 bits per heavy atom. The Bertz CT molecular complexity index is 156. The van der Waals surface area contributed by atoms with Crippen molar-refractivity contribution >= 4 is 11.9 Å². The third-order valence-electron chi connectivity index (χ3n) is 1.41. The molecule has 70 valence electrons. The first-order chi connectivity index (χ1) is 5.52. The number of rotatable bonds is 6. The molecule has 5 nitrogen and oxygen atoms in total. The molecule has 0 rings (SSSR count). The Hall–Kier alpha value is -0.100. The van der Waals surface area contributed by atoms with Crippen LogP contribution < -0.4 is 34.7 Å². The molecule has 0 atom stereocenters. The Balaban J connectivity index is 0. The smallest absolute Gasteiger partial charge is 0.550 e. The summed E-state index contributed by atoms with van der Waals surface area (Å²) in [6.07, 6.45) is -0.0281. The summed E-state index contributed by atoms with van der Waals surface area (Å²) in [6.45, 7) is 0.693. The third kappa shape index (κ3) is 11.9. The number of carboxylic acids is 2. The summed E-state index contributed by atoms with van der Waals surface area (Å²) in [6, 6.07) is 0. The van der Waals surface area contributed by atoms with Crippen LogP contribution >= 0.6 is 0 Å². The van der Waals surface area contributed by atoms with Crippen LogP contribution in [0.2, 0.25) is 0 Å². The zero-order valence-electron chi connectivity index (χ0n) is 7.95. The second-order valence-electron chi connectivity index (χ2n) is 2.57. The van der Waals surface area contributed by atoms with Crippen LogP contribution in [0.1, 0.15) is 12.8 Å². The van der Waals surface area contributed by atoms with E-state index in [0.717, 1.165) is 0 Å². The molecule has 0 amide bonds. The molecule has 6 heteroatoms. The summed E-state index contributed by atoms with van der Waals surface area (Å²) in [5.41, 5.74) is 0. The number of carboxylic acid groups (broad SMARTS) is 2. The van der Waals surface area contributed by atoms with Gasteiger partial charge < -0.3 is 19.9 Å². The van der Waals surface area contributed by atoms with Crippen molar-refractivity contribution in [1.82, 2.24) is 4.90 Å². The van der Waals surface area contributed by atoms with E-state index < -0.39 is 11.9 Å². The SMILES string of the molecule is CN(CCC(=O)[O-])CCC(=O)O.[Na+]. The van der Waals surface area contributed by atoms with Gasteiger partial charge in [0.05, 0.1) is 6.42 Å². The maximum Gasteiger partial charge on any atom is 1.00 e. The van der Waals surface area contributed by atoms with Gasteiger partial charge in [0, 0.05) is 19.1 Å². The Morgan fingerprint density at radius 3 is 2.15 bits per heavy atom. The maximum absolute atomic E-state index is 10.1. The largest absolute Gasteiger partial charge is 1.00 e. The van der Waals surface area contributed by atoms with E-state index in [4.69, 9.17) is 5.11 Å². The number of nitrogens with zero attached hydrogens (tertiary/aromatic N) is 1. The molecule has 13 heavy (non-hydrogen) atoms. The molecule has 0 aromatic carbocycles. The monoisotopic (exact) mass is 197 g/mol. The summed E-state index contributed by atoms with van der Waals surface area (Å²) >= 11 is 0. The molecule has 0 saturated carbocycles. The topological polar surface area (TPSA) is 80.7 Å². The van der Waals surface area contributed by atoms with Crippen LogP contribution in [-0.4, -0.2) is 42.1 Å². The first kappa shape index (κ1) is 15.4. The van der Waals surface area contributed by atoms with Gasteiger partial charge in [0.25, 0.3) is 0 Å². The molecule has 0 bridgehead atoms. The van der Waals surface area contributed by atoms with Gasteiger partial charge >= 0.3 is 35.5 Å². The van der Waals surface area contributed by atoms with E-state index in [0.29, 0.717) is 13.1 Å². The first-order valence-electron chi connectivity index (χ1n) is 3.62. The summed E-state index contributed by atoms with van der Waals surface area (Å²) in [4.78, 5) is 21.7. The molecular formula is C7H12NNaO4. The molecule has 0 aliphatic rings. The summed E-state index contributed by atoms with van der Waals surface area (Å²) in [5.74, 6) is -1.99. The van der Waals surface area contributed by atoms with E-state index >= 15 is 0 Å². The van der Waals surface area contributed by atoms with Gasteiger partial charge in [0.15, 0.2) is 0 Å². The second-order valence-corrected chi connectivity index (χ2v) is 2.57. The van der Waals surface area contributed by atoms with E-state index in [2.05, 4.69) is 0 Å². The standard InChI is InChI=1S/C7H13NO4.Na/c1-8(4-2-6(9)10)5-3-7(11)12;/h2-5H2,1H3,(H,9,10)(H,11,12);/q;+1/p-1. The molecule has 0 aliphatic carbocycles. The van der Waals surface area contributed by atoms with Crippen molar-refractivity contribution in [2.75, 3.05) is 20.1 Å². The fraction of sp³-hybridized carbons (Fsp3) is 0.714. The van der Waals surface area contributed by atoms with Gasteiger partial charge in [-0.05, 0) is 13.5 Å². The molecule has 0 aromatic rings. The first-order valence-corrected chi connectivity index (χ1v) is 3.62. The van der Waals surface area contributed by atoms with Gasteiger partial charge in [0.1, 0.15) is 0 Å². The molecule has 0 fully saturated rings. The predicted molar refractivity (Wildman–Crippen MR) is 39.4 cm³/mol. The third-order valence-corrected chi connectivity index (χ3v) is 1.41. The summed E-state index contributed by atoms with van der Waals surface area (Å²) < 4.78 is 0. The van der Waals surface area contributed by atoms with Crippen molar-refractivity contribution in [3.8, 4) is 0 Å². The molecule has 1 N–H and O–H groups in total. The van der Waals surface area contributed by atoms with Crippen molar-refractivity contribution in [1.29, 1.82) is 0 Å². The van der Waals surface area contributed by atoms with Crippen LogP contribution in [0.5, 0.6) is 0 Å². The Morgan fingerprint density at radius 2 is 1.77 bits per heavy atom. The van der Waals surface area contributed by atoms with Crippen molar-refractivity contribution < 1.29 is 49.4 Å². The fourth-order valence-corrected chi connectivity index (χ4v) is 0.680. The molecule has 0 aliphatic heterocycles. The molecule has 0 saturated heterocycles. The van der Waals surface area contributed by atoms with Crippen LogP contribution in [0.3, 0.4) is 0 Å². The van der Waals surface area contributed by atoms with Crippen molar-refractivity contribution in [3.63, 3.8) is 0 Å². The van der Waals surface area contributed by atoms with Crippen LogP contribution in [0.25, 0.3) is 0 Å². The van der Waals surface area contributed by atoms with Gasteiger partial charge in [-0.1, -0.05) is 0 Å². The Kier molecular flexibility index (Phi) is 10.0. The van der Waals surface area contributed by atoms with Gasteiger partial charge in [-0.2, -0.15) is 0 Å². The van der Waals surface area contributed by atoms with E-state index in [1.807, 2.05) is 0 Å². The second kappa shape index (κ2) is 8.50. The zero-order chi connectivity index (χ0) is 9.56. The van der Waals surface area contributed by atoms with Crippen LogP contribution in [-0.2, 0) is 9.59 Å². The minimum absolute atomic E-state index is 0. The maximum atomic E-state index is 10.1. The van der Waals surface area contributed by atoms with Crippen LogP contribution in [0, 0.1) is 0 Å². The van der Waals surface area contributed by atoms with E-state index in [1.54, 1.807) is 11.9 Å². The normalized spacial score (nSPS) is 9.38. The van der Waals surface area contributed by atoms with Crippen molar-refractivity contribution in [2.24, 2.45) is 0 Å². The van der Waals surface area contributed by atoms with E-state index in [1.165, 1.54) is 0 Å². The number of carbonyl (C=O) groups excluding carboxylic acids is 1.